The van der Waals surface area contributed by atoms with Gasteiger partial charge in [0.25, 0.3) is 0 Å². The molecule has 0 amide bonds. The smallest absolute Gasteiger partial charge is 0.145 e. The van der Waals surface area contributed by atoms with Crippen molar-refractivity contribution < 1.29 is 4.74 Å². The summed E-state index contributed by atoms with van der Waals surface area (Å²) in [5, 5.41) is 3.42. The maximum Gasteiger partial charge on any atom is 0.145 e. The molecule has 0 atom stereocenters. The Morgan fingerprint density at radius 2 is 2.36 bits per heavy atom. The molecule has 1 aromatic rings. The van der Waals surface area contributed by atoms with E-state index >= 15 is 0 Å². The summed E-state index contributed by atoms with van der Waals surface area (Å²) in [7, 11) is 0. The van der Waals surface area contributed by atoms with Crippen LogP contribution in [0.3, 0.4) is 0 Å². The van der Waals surface area contributed by atoms with Gasteiger partial charge < -0.3 is 10.1 Å². The minimum absolute atomic E-state index is 0.835. The number of ether oxygens (including phenoxy) is 1. The van der Waals surface area contributed by atoms with E-state index in [-0.39, 0.29) is 0 Å². The molecule has 0 saturated heterocycles. The molecule has 1 N–H and O–H groups in total. The van der Waals surface area contributed by atoms with Crippen molar-refractivity contribution in [1.82, 2.24) is 0 Å². The van der Waals surface area contributed by atoms with E-state index in [1.165, 1.54) is 18.4 Å². The highest BCUT2D eigenvalue weighted by atomic mass is 16.5. The highest BCUT2D eigenvalue weighted by Crippen LogP contribution is 2.33. The van der Waals surface area contributed by atoms with Gasteiger partial charge in [0.1, 0.15) is 5.75 Å². The third-order valence-electron chi connectivity index (χ3n) is 2.56. The van der Waals surface area contributed by atoms with E-state index in [2.05, 4.69) is 30.4 Å². The third kappa shape index (κ3) is 1.84. The fourth-order valence-electron chi connectivity index (χ4n) is 1.75. The molecule has 14 heavy (non-hydrogen) atoms. The lowest BCUT2D eigenvalue weighted by Gasteiger charge is -2.09. The molecule has 76 valence electrons. The van der Waals surface area contributed by atoms with Crippen LogP contribution < -0.4 is 10.1 Å². The molecule has 0 radical (unpaired) electrons. The van der Waals surface area contributed by atoms with Gasteiger partial charge in [-0.1, -0.05) is 25.5 Å². The quantitative estimate of drug-likeness (QED) is 0.739. The summed E-state index contributed by atoms with van der Waals surface area (Å²) in [6.07, 6.45) is 3.49. The van der Waals surface area contributed by atoms with E-state index in [1.807, 2.05) is 0 Å². The number of fused-ring (bicyclic) bond motifs is 1. The predicted molar refractivity (Wildman–Crippen MR) is 59.0 cm³/mol. The zero-order chi connectivity index (χ0) is 9.80. The number of para-hydroxylation sites is 1. The van der Waals surface area contributed by atoms with E-state index < -0.39 is 0 Å². The Kier molecular flexibility index (Phi) is 2.92. The molecule has 2 rings (SSSR count). The predicted octanol–water partition coefficient (Wildman–Crippen LogP) is 2.83. The van der Waals surface area contributed by atoms with Crippen molar-refractivity contribution in [2.75, 3.05) is 18.5 Å². The minimum Gasteiger partial charge on any atom is -0.491 e. The molecule has 0 aromatic heterocycles. The Morgan fingerprint density at radius 1 is 1.43 bits per heavy atom. The molecule has 0 bridgehead atoms. The summed E-state index contributed by atoms with van der Waals surface area (Å²) in [6, 6.07) is 6.34. The summed E-state index contributed by atoms with van der Waals surface area (Å²) >= 11 is 0. The maximum atomic E-state index is 5.60. The lowest BCUT2D eigenvalue weighted by molar-refractivity contribution is 0.358. The van der Waals surface area contributed by atoms with Gasteiger partial charge in [0.15, 0.2) is 0 Å². The van der Waals surface area contributed by atoms with Gasteiger partial charge in [0.05, 0.1) is 12.3 Å². The zero-order valence-electron chi connectivity index (χ0n) is 8.68. The van der Waals surface area contributed by atoms with E-state index in [4.69, 9.17) is 4.74 Å². The van der Waals surface area contributed by atoms with E-state index in [1.54, 1.807) is 0 Å². The summed E-state index contributed by atoms with van der Waals surface area (Å²) in [6.45, 7) is 4.08. The molecule has 2 heteroatoms. The van der Waals surface area contributed by atoms with Gasteiger partial charge in [-0.05, 0) is 18.1 Å². The molecule has 0 aliphatic carbocycles. The van der Waals surface area contributed by atoms with Crippen molar-refractivity contribution >= 4 is 5.69 Å². The fourth-order valence-corrected chi connectivity index (χ4v) is 1.75. The summed E-state index contributed by atoms with van der Waals surface area (Å²) in [5.41, 5.74) is 2.50. The Bertz CT molecular complexity index is 309. The van der Waals surface area contributed by atoms with Crippen molar-refractivity contribution in [2.45, 2.75) is 26.2 Å². The van der Waals surface area contributed by atoms with Gasteiger partial charge in [-0.25, -0.2) is 0 Å². The van der Waals surface area contributed by atoms with Crippen LogP contribution in [0.1, 0.15) is 25.3 Å². The van der Waals surface area contributed by atoms with Gasteiger partial charge in [-0.15, -0.1) is 0 Å². The van der Waals surface area contributed by atoms with Gasteiger partial charge in [0.2, 0.25) is 0 Å². The van der Waals surface area contributed by atoms with E-state index in [9.17, 15) is 0 Å². The van der Waals surface area contributed by atoms with Crippen LogP contribution in [-0.4, -0.2) is 13.2 Å². The highest BCUT2D eigenvalue weighted by molar-refractivity contribution is 5.61. The average molecular weight is 191 g/mol. The Hall–Kier alpha value is -1.18. The summed E-state index contributed by atoms with van der Waals surface area (Å²) in [5.74, 6) is 1.07. The molecular weight excluding hydrogens is 174 g/mol. The molecule has 1 aliphatic heterocycles. The lowest BCUT2D eigenvalue weighted by atomic mass is 10.1. The first-order chi connectivity index (χ1) is 6.92. The Morgan fingerprint density at radius 3 is 3.21 bits per heavy atom. The van der Waals surface area contributed by atoms with Crippen LogP contribution in [0.25, 0.3) is 0 Å². The van der Waals surface area contributed by atoms with Crippen LogP contribution in [0.15, 0.2) is 18.2 Å². The van der Waals surface area contributed by atoms with Crippen LogP contribution in [0.2, 0.25) is 0 Å². The van der Waals surface area contributed by atoms with Crippen molar-refractivity contribution in [2.24, 2.45) is 0 Å². The first-order valence-electron chi connectivity index (χ1n) is 5.40. The molecule has 1 aliphatic rings. The van der Waals surface area contributed by atoms with Crippen molar-refractivity contribution in [1.29, 1.82) is 0 Å². The maximum absolute atomic E-state index is 5.60. The van der Waals surface area contributed by atoms with Gasteiger partial charge in [-0.2, -0.15) is 0 Å². The third-order valence-corrected chi connectivity index (χ3v) is 2.56. The molecule has 1 aromatic carbocycles. The van der Waals surface area contributed by atoms with Crippen LogP contribution in [0, 0.1) is 0 Å². The molecule has 0 spiro atoms. The molecule has 0 unspecified atom stereocenters. The summed E-state index contributed by atoms with van der Waals surface area (Å²) in [4.78, 5) is 0. The van der Waals surface area contributed by atoms with Crippen LogP contribution in [0.4, 0.5) is 5.69 Å². The molecule has 1 heterocycles. The van der Waals surface area contributed by atoms with Crippen LogP contribution in [-0.2, 0) is 6.42 Å². The first-order valence-corrected chi connectivity index (χ1v) is 5.40. The second kappa shape index (κ2) is 4.36. The second-order valence-corrected chi connectivity index (χ2v) is 3.67. The van der Waals surface area contributed by atoms with E-state index in [0.29, 0.717) is 0 Å². The number of unbranched alkanes of at least 4 members (excludes halogenated alkanes) is 1. The number of hydrogen-bond donors (Lipinski definition) is 1. The lowest BCUT2D eigenvalue weighted by Crippen LogP contribution is -2.02. The van der Waals surface area contributed by atoms with Crippen molar-refractivity contribution in [3.63, 3.8) is 0 Å². The number of nitrogens with one attached hydrogen (secondary N) is 1. The number of rotatable bonds is 4. The first kappa shape index (κ1) is 9.38. The van der Waals surface area contributed by atoms with Crippen LogP contribution in [0.5, 0.6) is 5.75 Å². The highest BCUT2D eigenvalue weighted by Gasteiger charge is 2.14. The fraction of sp³-hybridized carbons (Fsp3) is 0.500. The van der Waals surface area contributed by atoms with Gasteiger partial charge in [0, 0.05) is 13.0 Å². The van der Waals surface area contributed by atoms with Gasteiger partial charge >= 0.3 is 0 Å². The average Bonchev–Trinajstić information content (AvgIpc) is 2.67. The van der Waals surface area contributed by atoms with Crippen molar-refractivity contribution in [3.8, 4) is 5.75 Å². The molecule has 0 fully saturated rings. The zero-order valence-corrected chi connectivity index (χ0v) is 8.68. The second-order valence-electron chi connectivity index (χ2n) is 3.67. The minimum atomic E-state index is 0.835. The summed E-state index contributed by atoms with van der Waals surface area (Å²) < 4.78 is 5.60. The van der Waals surface area contributed by atoms with E-state index in [0.717, 1.165) is 31.0 Å². The number of hydrogen-bond acceptors (Lipinski definition) is 2. The van der Waals surface area contributed by atoms with Gasteiger partial charge in [-0.3, -0.25) is 0 Å². The molecule has 2 nitrogen and oxygen atoms in total. The number of benzene rings is 1. The van der Waals surface area contributed by atoms with Crippen LogP contribution >= 0.6 is 0 Å². The number of anilines is 1. The van der Waals surface area contributed by atoms with Crippen molar-refractivity contribution in [3.05, 3.63) is 23.8 Å². The molecular formula is C12H17NO. The largest absolute Gasteiger partial charge is 0.491 e. The SMILES string of the molecule is CCCCNc1cccc2c1OCC2. The Balaban J connectivity index is 2.06. The standard InChI is InChI=1S/C12H17NO/c1-2-3-8-13-11-6-4-5-10-7-9-14-12(10)11/h4-6,13H,2-3,7-9H2,1H3. The Labute approximate surface area is 85.3 Å². The topological polar surface area (TPSA) is 21.3 Å². The molecule has 0 saturated carbocycles. The normalized spacial score (nSPS) is 13.5. The monoisotopic (exact) mass is 191 g/mol.